The van der Waals surface area contributed by atoms with Crippen LogP contribution < -0.4 is 10.1 Å². The predicted octanol–water partition coefficient (Wildman–Crippen LogP) is 0.354. The molecule has 1 amide bonds. The Morgan fingerprint density at radius 3 is 2.52 bits per heavy atom. The summed E-state index contributed by atoms with van der Waals surface area (Å²) in [4.78, 5) is 17.0. The molecule has 3 heterocycles. The summed E-state index contributed by atoms with van der Waals surface area (Å²) in [6.45, 7) is 6.47. The molecule has 1 atom stereocenters. The second kappa shape index (κ2) is 6.45. The molecule has 0 aromatic heterocycles. The summed E-state index contributed by atoms with van der Waals surface area (Å²) in [6, 6.07) is 8.14. The van der Waals surface area contributed by atoms with Crippen LogP contribution in [0.5, 0.6) is 5.75 Å². The summed E-state index contributed by atoms with van der Waals surface area (Å²) in [5.41, 5.74) is 1.02. The highest BCUT2D eigenvalue weighted by molar-refractivity contribution is 5.78. The molecule has 3 aliphatic rings. The molecule has 0 aliphatic carbocycles. The molecular formula is C16H23N3O2. The van der Waals surface area contributed by atoms with E-state index in [1.807, 2.05) is 24.3 Å². The van der Waals surface area contributed by atoms with Gasteiger partial charge in [-0.25, -0.2) is 0 Å². The normalized spacial score (nSPS) is 27.4. The van der Waals surface area contributed by atoms with Crippen molar-refractivity contribution < 1.29 is 9.53 Å². The van der Waals surface area contributed by atoms with E-state index < -0.39 is 0 Å². The molecule has 21 heavy (non-hydrogen) atoms. The SMILES string of the molecule is COc1ccc(CC(=O)NCC2CN3CCN2CC3)cc1. The first-order valence-electron chi connectivity index (χ1n) is 7.60. The second-order valence-corrected chi connectivity index (χ2v) is 5.82. The van der Waals surface area contributed by atoms with Gasteiger partial charge in [-0.15, -0.1) is 0 Å². The molecular weight excluding hydrogens is 266 g/mol. The minimum absolute atomic E-state index is 0.0952. The van der Waals surface area contributed by atoms with E-state index in [2.05, 4.69) is 15.1 Å². The Morgan fingerprint density at radius 2 is 1.95 bits per heavy atom. The first-order chi connectivity index (χ1) is 10.2. The van der Waals surface area contributed by atoms with Gasteiger partial charge in [-0.3, -0.25) is 14.6 Å². The smallest absolute Gasteiger partial charge is 0.224 e. The second-order valence-electron chi connectivity index (χ2n) is 5.82. The standard InChI is InChI=1S/C16H23N3O2/c1-21-15-4-2-13(3-5-15)10-16(20)17-11-14-12-18-6-8-19(14)9-7-18/h2-5,14H,6-12H2,1H3,(H,17,20). The van der Waals surface area contributed by atoms with Gasteiger partial charge in [0.25, 0.3) is 0 Å². The third kappa shape index (κ3) is 3.54. The molecule has 2 bridgehead atoms. The van der Waals surface area contributed by atoms with Crippen molar-refractivity contribution in [3.63, 3.8) is 0 Å². The summed E-state index contributed by atoms with van der Waals surface area (Å²) in [6.07, 6.45) is 0.431. The van der Waals surface area contributed by atoms with Gasteiger partial charge in [-0.1, -0.05) is 12.1 Å². The molecule has 0 radical (unpaired) electrons. The Balaban J connectivity index is 1.45. The van der Waals surface area contributed by atoms with Gasteiger partial charge in [0.2, 0.25) is 5.91 Å². The number of nitrogens with one attached hydrogen (secondary N) is 1. The van der Waals surface area contributed by atoms with Gasteiger partial charge in [0, 0.05) is 45.3 Å². The van der Waals surface area contributed by atoms with Gasteiger partial charge < -0.3 is 10.1 Å². The zero-order valence-electron chi connectivity index (χ0n) is 12.5. The zero-order valence-corrected chi connectivity index (χ0v) is 12.5. The average molecular weight is 289 g/mol. The molecule has 3 fully saturated rings. The maximum Gasteiger partial charge on any atom is 0.224 e. The number of carbonyl (C=O) groups excluding carboxylic acids is 1. The summed E-state index contributed by atoms with van der Waals surface area (Å²) >= 11 is 0. The molecule has 1 unspecified atom stereocenters. The van der Waals surface area contributed by atoms with Crippen LogP contribution in [-0.4, -0.2) is 68.1 Å². The Kier molecular flexibility index (Phi) is 4.41. The molecule has 5 nitrogen and oxygen atoms in total. The Morgan fingerprint density at radius 1 is 1.24 bits per heavy atom. The van der Waals surface area contributed by atoms with Crippen molar-refractivity contribution in [2.75, 3.05) is 46.4 Å². The lowest BCUT2D eigenvalue weighted by atomic mass is 10.1. The van der Waals surface area contributed by atoms with Crippen LogP contribution in [-0.2, 0) is 11.2 Å². The highest BCUT2D eigenvalue weighted by Crippen LogP contribution is 2.15. The highest BCUT2D eigenvalue weighted by Gasteiger charge is 2.31. The quantitative estimate of drug-likeness (QED) is 0.850. The number of hydrogen-bond acceptors (Lipinski definition) is 4. The van der Waals surface area contributed by atoms with Crippen LogP contribution in [0.25, 0.3) is 0 Å². The molecule has 114 valence electrons. The first-order valence-corrected chi connectivity index (χ1v) is 7.60. The van der Waals surface area contributed by atoms with Crippen molar-refractivity contribution in [2.24, 2.45) is 0 Å². The fourth-order valence-electron chi connectivity index (χ4n) is 3.14. The van der Waals surface area contributed by atoms with Gasteiger partial charge in [0.05, 0.1) is 13.5 Å². The zero-order chi connectivity index (χ0) is 14.7. The number of carbonyl (C=O) groups is 1. The topological polar surface area (TPSA) is 44.8 Å². The van der Waals surface area contributed by atoms with Crippen LogP contribution in [0.2, 0.25) is 0 Å². The van der Waals surface area contributed by atoms with Crippen molar-refractivity contribution >= 4 is 5.91 Å². The summed E-state index contributed by atoms with van der Waals surface area (Å²) in [5.74, 6) is 0.914. The summed E-state index contributed by atoms with van der Waals surface area (Å²) in [5, 5.41) is 3.08. The highest BCUT2D eigenvalue weighted by atomic mass is 16.5. The number of amides is 1. The molecule has 4 rings (SSSR count). The molecule has 1 aromatic rings. The lowest BCUT2D eigenvalue weighted by molar-refractivity contribution is -0.121. The number of benzene rings is 1. The largest absolute Gasteiger partial charge is 0.497 e. The summed E-state index contributed by atoms with van der Waals surface area (Å²) in [7, 11) is 1.64. The van der Waals surface area contributed by atoms with Crippen molar-refractivity contribution in [1.82, 2.24) is 15.1 Å². The van der Waals surface area contributed by atoms with Crippen LogP contribution in [0.1, 0.15) is 5.56 Å². The van der Waals surface area contributed by atoms with E-state index in [1.54, 1.807) is 7.11 Å². The maximum absolute atomic E-state index is 12.0. The molecule has 1 N–H and O–H groups in total. The van der Waals surface area contributed by atoms with Crippen LogP contribution in [0.3, 0.4) is 0 Å². The number of hydrogen-bond donors (Lipinski definition) is 1. The van der Waals surface area contributed by atoms with E-state index in [-0.39, 0.29) is 5.91 Å². The summed E-state index contributed by atoms with van der Waals surface area (Å²) < 4.78 is 5.12. The van der Waals surface area contributed by atoms with Gasteiger partial charge >= 0.3 is 0 Å². The number of piperazine rings is 3. The molecule has 3 saturated heterocycles. The van der Waals surface area contributed by atoms with E-state index in [1.165, 1.54) is 13.1 Å². The van der Waals surface area contributed by atoms with Crippen LogP contribution in [0.15, 0.2) is 24.3 Å². The first kappa shape index (κ1) is 14.4. The Hall–Kier alpha value is -1.59. The van der Waals surface area contributed by atoms with E-state index in [4.69, 9.17) is 4.74 Å². The van der Waals surface area contributed by atoms with Crippen molar-refractivity contribution in [3.8, 4) is 5.75 Å². The van der Waals surface area contributed by atoms with Crippen LogP contribution >= 0.6 is 0 Å². The fourth-order valence-corrected chi connectivity index (χ4v) is 3.14. The molecule has 0 saturated carbocycles. The fraction of sp³-hybridized carbons (Fsp3) is 0.562. The van der Waals surface area contributed by atoms with Gasteiger partial charge in [-0.05, 0) is 17.7 Å². The average Bonchev–Trinajstić information content (AvgIpc) is 2.55. The van der Waals surface area contributed by atoms with Gasteiger partial charge in [0.15, 0.2) is 0 Å². The molecule has 5 heteroatoms. The van der Waals surface area contributed by atoms with Crippen LogP contribution in [0, 0.1) is 0 Å². The van der Waals surface area contributed by atoms with Gasteiger partial charge in [-0.2, -0.15) is 0 Å². The number of fused-ring (bicyclic) bond motifs is 3. The maximum atomic E-state index is 12.0. The minimum atomic E-state index is 0.0952. The number of methoxy groups -OCH3 is 1. The third-order valence-electron chi connectivity index (χ3n) is 4.45. The van der Waals surface area contributed by atoms with Crippen molar-refractivity contribution in [3.05, 3.63) is 29.8 Å². The lowest BCUT2D eigenvalue weighted by Crippen LogP contribution is -2.63. The van der Waals surface area contributed by atoms with E-state index in [0.717, 1.165) is 37.5 Å². The van der Waals surface area contributed by atoms with E-state index in [9.17, 15) is 4.79 Å². The number of nitrogens with zero attached hydrogens (tertiary/aromatic N) is 2. The monoisotopic (exact) mass is 289 g/mol. The van der Waals surface area contributed by atoms with E-state index in [0.29, 0.717) is 12.5 Å². The third-order valence-corrected chi connectivity index (χ3v) is 4.45. The van der Waals surface area contributed by atoms with E-state index >= 15 is 0 Å². The molecule has 3 aliphatic heterocycles. The Labute approximate surface area is 125 Å². The molecule has 1 aromatic carbocycles. The Bertz CT molecular complexity index is 481. The van der Waals surface area contributed by atoms with Gasteiger partial charge in [0.1, 0.15) is 5.75 Å². The number of rotatable bonds is 5. The van der Waals surface area contributed by atoms with Crippen molar-refractivity contribution in [2.45, 2.75) is 12.5 Å². The molecule has 0 spiro atoms. The number of ether oxygens (including phenoxy) is 1. The van der Waals surface area contributed by atoms with Crippen molar-refractivity contribution in [1.29, 1.82) is 0 Å². The predicted molar refractivity (Wildman–Crippen MR) is 81.5 cm³/mol. The van der Waals surface area contributed by atoms with Crippen LogP contribution in [0.4, 0.5) is 0 Å². The minimum Gasteiger partial charge on any atom is -0.497 e. The lowest BCUT2D eigenvalue weighted by Gasteiger charge is -2.47.